The maximum atomic E-state index is 13.7. The maximum Gasteiger partial charge on any atom is 0.419 e. The van der Waals surface area contributed by atoms with E-state index < -0.39 is 45.2 Å². The number of hydrazine groups is 1. The van der Waals surface area contributed by atoms with E-state index in [-0.39, 0.29) is 48.3 Å². The number of ether oxygens (including phenoxy) is 1. The van der Waals surface area contributed by atoms with Gasteiger partial charge in [-0.3, -0.25) is 29.4 Å². The molecule has 3 aliphatic heterocycles. The van der Waals surface area contributed by atoms with Gasteiger partial charge in [0.15, 0.2) is 5.69 Å². The molecule has 0 saturated carbocycles. The monoisotopic (exact) mass is 844 g/mol. The van der Waals surface area contributed by atoms with Gasteiger partial charge in [0.25, 0.3) is 5.91 Å². The summed E-state index contributed by atoms with van der Waals surface area (Å²) in [6, 6.07) is 14.3. The summed E-state index contributed by atoms with van der Waals surface area (Å²) in [5, 5.41) is 18.7. The van der Waals surface area contributed by atoms with Gasteiger partial charge in [0.1, 0.15) is 17.9 Å². The molecule has 2 aromatic carbocycles. The van der Waals surface area contributed by atoms with Gasteiger partial charge < -0.3 is 15.4 Å². The fourth-order valence-corrected chi connectivity index (χ4v) is 9.51. The highest BCUT2D eigenvalue weighted by Gasteiger charge is 2.47. The molecule has 0 bridgehead atoms. The number of nitriles is 1. The van der Waals surface area contributed by atoms with Crippen molar-refractivity contribution in [3.8, 4) is 11.8 Å². The molecule has 58 heavy (non-hydrogen) atoms. The Morgan fingerprint density at radius 1 is 1.10 bits per heavy atom. The summed E-state index contributed by atoms with van der Waals surface area (Å²) in [5.74, 6) is -0.00540. The number of amides is 4. The number of halogens is 4. The van der Waals surface area contributed by atoms with Crippen LogP contribution in [0.3, 0.4) is 0 Å². The van der Waals surface area contributed by atoms with E-state index >= 15 is 0 Å². The summed E-state index contributed by atoms with van der Waals surface area (Å²) in [4.78, 5) is 60.2. The smallest absolute Gasteiger partial charge is 0.419 e. The van der Waals surface area contributed by atoms with Gasteiger partial charge in [0.05, 0.1) is 34.8 Å². The van der Waals surface area contributed by atoms with E-state index in [0.29, 0.717) is 36.7 Å². The predicted octanol–water partition coefficient (Wildman–Crippen LogP) is 6.29. The molecule has 4 amide bonds. The van der Waals surface area contributed by atoms with Gasteiger partial charge in [-0.2, -0.15) is 23.3 Å². The molecule has 1 aromatic heterocycles. The number of thiol groups is 1. The number of nitrogens with one attached hydrogen (secondary N) is 4. The quantitative estimate of drug-likeness (QED) is 0.103. The number of rotatable bonds is 12. The van der Waals surface area contributed by atoms with E-state index in [0.717, 1.165) is 65.8 Å². The first-order chi connectivity index (χ1) is 27.1. The number of alkyl halides is 3. The molecule has 3 fully saturated rings. The van der Waals surface area contributed by atoms with E-state index in [9.17, 15) is 32.3 Å². The number of carbonyl (C=O) groups excluding carboxylic acids is 4. The number of hydrogen-bond acceptors (Lipinski definition) is 10. The van der Waals surface area contributed by atoms with E-state index in [1.54, 1.807) is 32.0 Å². The molecule has 3 atom stereocenters. The second kappa shape index (κ2) is 18.4. The highest BCUT2D eigenvalue weighted by atomic mass is 35.5. The first kappa shape index (κ1) is 44.2. The van der Waals surface area contributed by atoms with Gasteiger partial charge >= 0.3 is 6.18 Å². The molecular weight excluding hydrogens is 797 g/mol. The summed E-state index contributed by atoms with van der Waals surface area (Å²) in [6.45, 7) is 9.46. The maximum absolute atomic E-state index is 13.7. The minimum Gasteiger partial charge on any atom is -0.493 e. The Balaban J connectivity index is 0.00000641. The van der Waals surface area contributed by atoms with Crippen molar-refractivity contribution in [3.63, 3.8) is 0 Å². The molecule has 4 heterocycles. The van der Waals surface area contributed by atoms with Crippen LogP contribution < -0.4 is 30.5 Å². The Kier molecular flexibility index (Phi) is 14.0. The average molecular weight is 845 g/mol. The lowest BCUT2D eigenvalue weighted by atomic mass is 9.93. The molecule has 312 valence electrons. The molecule has 0 radical (unpaired) electrons. The number of hydrogen-bond donors (Lipinski definition) is 5. The summed E-state index contributed by atoms with van der Waals surface area (Å²) in [5.41, 5.74) is 0.181. The first-order valence-corrected chi connectivity index (χ1v) is 20.3. The third-order valence-electron chi connectivity index (χ3n) is 10.8. The van der Waals surface area contributed by atoms with Crippen LogP contribution in [0.2, 0.25) is 0 Å². The highest BCUT2D eigenvalue weighted by Crippen LogP contribution is 2.52. The van der Waals surface area contributed by atoms with Crippen LogP contribution in [0.1, 0.15) is 76.6 Å². The van der Waals surface area contributed by atoms with Gasteiger partial charge in [0.2, 0.25) is 17.7 Å². The number of benzene rings is 2. The molecule has 3 saturated heterocycles. The lowest BCUT2D eigenvalue weighted by Gasteiger charge is -2.35. The Morgan fingerprint density at radius 3 is 2.50 bits per heavy atom. The predicted molar refractivity (Wildman–Crippen MR) is 218 cm³/mol. The Labute approximate surface area is 344 Å². The Bertz CT molecular complexity index is 2070. The molecule has 0 spiro atoms. The summed E-state index contributed by atoms with van der Waals surface area (Å²) in [6.07, 6.45) is 0.298. The largest absolute Gasteiger partial charge is 0.493 e. The summed E-state index contributed by atoms with van der Waals surface area (Å²) in [7, 11) is 0. The van der Waals surface area contributed by atoms with Crippen molar-refractivity contribution in [1.82, 2.24) is 20.0 Å². The lowest BCUT2D eigenvalue weighted by Crippen LogP contribution is -2.47. The SMILES string of the molecule is CCc1cc([SH]2NN(c3cnc(C#N)c(C(F)(F)F)c3)C(=O)C2(C)C)ccc1OCCC1CCN([C@@H](C)C(=O)Nc2cccc(N[C@H]3CCC(=O)NC3=O)c2)CC1.Cl. The fourth-order valence-electron chi connectivity index (χ4n) is 7.29. The second-order valence-corrected chi connectivity index (χ2v) is 17.5. The van der Waals surface area contributed by atoms with Crippen LogP contribution in [0.15, 0.2) is 59.6 Å². The summed E-state index contributed by atoms with van der Waals surface area (Å²) < 4.78 is 46.3. The number of carbonyl (C=O) groups is 4. The zero-order valence-corrected chi connectivity index (χ0v) is 34.3. The molecular formula is C40H48ClF3N8O5S. The number of imide groups is 1. The van der Waals surface area contributed by atoms with Gasteiger partial charge in [-0.25, -0.2) is 9.99 Å². The van der Waals surface area contributed by atoms with Crippen LogP contribution in [0, 0.1) is 17.2 Å². The molecule has 0 aliphatic carbocycles. The first-order valence-electron chi connectivity index (χ1n) is 19.0. The number of anilines is 3. The Morgan fingerprint density at radius 2 is 1.83 bits per heavy atom. The van der Waals surface area contributed by atoms with Crippen LogP contribution in [0.5, 0.6) is 5.75 Å². The van der Waals surface area contributed by atoms with Crippen molar-refractivity contribution in [3.05, 3.63) is 71.5 Å². The fraction of sp³-hybridized carbons (Fsp3) is 0.450. The van der Waals surface area contributed by atoms with E-state index in [1.165, 1.54) is 6.07 Å². The number of aromatic nitrogens is 1. The Hall–Kier alpha value is -4.89. The van der Waals surface area contributed by atoms with Crippen molar-refractivity contribution in [2.45, 2.75) is 94.1 Å². The molecule has 1 unspecified atom stereocenters. The average Bonchev–Trinajstić information content (AvgIpc) is 3.42. The molecule has 4 N–H and O–H groups in total. The van der Waals surface area contributed by atoms with Gasteiger partial charge in [-0.1, -0.05) is 13.0 Å². The van der Waals surface area contributed by atoms with Crippen LogP contribution in [0.25, 0.3) is 0 Å². The number of likely N-dealkylation sites (tertiary alicyclic amines) is 1. The van der Waals surface area contributed by atoms with Crippen LogP contribution in [0.4, 0.5) is 30.2 Å². The van der Waals surface area contributed by atoms with Crippen LogP contribution in [-0.4, -0.2) is 70.0 Å². The molecule has 3 aliphatic rings. The van der Waals surface area contributed by atoms with Crippen molar-refractivity contribution < 1.29 is 37.1 Å². The minimum atomic E-state index is -4.81. The zero-order chi connectivity index (χ0) is 41.1. The van der Waals surface area contributed by atoms with E-state index in [1.807, 2.05) is 38.1 Å². The minimum absolute atomic E-state index is 0. The number of aryl methyl sites for hydroxylation is 1. The topological polar surface area (TPSA) is 169 Å². The van der Waals surface area contributed by atoms with Crippen molar-refractivity contribution in [2.75, 3.05) is 35.3 Å². The lowest BCUT2D eigenvalue weighted by molar-refractivity contribution is -0.138. The molecule has 18 heteroatoms. The van der Waals surface area contributed by atoms with E-state index in [4.69, 9.17) is 10.00 Å². The second-order valence-electron chi connectivity index (χ2n) is 15.0. The van der Waals surface area contributed by atoms with Crippen molar-refractivity contribution >= 4 is 64.2 Å². The van der Waals surface area contributed by atoms with E-state index in [2.05, 4.69) is 30.7 Å². The van der Waals surface area contributed by atoms with Crippen molar-refractivity contribution in [2.24, 2.45) is 5.92 Å². The van der Waals surface area contributed by atoms with Crippen LogP contribution in [-0.2, 0) is 31.8 Å². The normalized spacial score (nSPS) is 21.1. The number of nitrogens with zero attached hydrogens (tertiary/aromatic N) is 4. The molecule has 6 rings (SSSR count). The van der Waals surface area contributed by atoms with Crippen LogP contribution >= 0.6 is 23.5 Å². The standard InChI is InChI=1S/C40H47F3N8O5S.ClH/c1-5-26-19-30(57-39(3,4)38(55)51(49-57)29-21-31(40(41,42)43)33(22-44)45-23-29)9-11-34(26)56-18-15-25-13-16-50(17-14-25)24(2)36(53)47-28-8-6-7-27(20-28)46-32-10-12-35(52)48-37(32)54;/h6-9,11,19-21,23-25,32,46,49,57H,5,10,12-18H2,1-4H3,(H,47,53)(H,48,52,54);1H/t24-,32-;/m0./s1. The summed E-state index contributed by atoms with van der Waals surface area (Å²) >= 11 is -1.39. The van der Waals surface area contributed by atoms with Gasteiger partial charge in [-0.05, 0) is 120 Å². The third-order valence-corrected chi connectivity index (χ3v) is 13.3. The van der Waals surface area contributed by atoms with Crippen molar-refractivity contribution in [1.29, 1.82) is 5.26 Å². The highest BCUT2D eigenvalue weighted by molar-refractivity contribution is 8.17. The van der Waals surface area contributed by atoms with Gasteiger partial charge in [0, 0.05) is 22.7 Å². The molecule has 3 aromatic rings. The third kappa shape index (κ3) is 9.86. The van der Waals surface area contributed by atoms with Gasteiger partial charge in [-0.15, -0.1) is 23.5 Å². The number of piperidine rings is 2. The zero-order valence-electron chi connectivity index (χ0n) is 32.6. The molecule has 13 nitrogen and oxygen atoms in total. The number of pyridine rings is 1.